The number of hydrogen-bond acceptors (Lipinski definition) is 6. The summed E-state index contributed by atoms with van der Waals surface area (Å²) in [5, 5.41) is 19.9. The summed E-state index contributed by atoms with van der Waals surface area (Å²) in [6, 6.07) is 0. The van der Waals surface area contributed by atoms with Gasteiger partial charge in [0.1, 0.15) is 12.2 Å². The molecule has 1 aliphatic rings. The highest BCUT2D eigenvalue weighted by molar-refractivity contribution is 5.11. The van der Waals surface area contributed by atoms with Crippen molar-refractivity contribution in [3.8, 4) is 5.88 Å². The number of aliphatic hydroxyl groups excluding tert-OH is 2. The monoisotopic (exact) mass is 322 g/mol. The van der Waals surface area contributed by atoms with E-state index in [1.165, 1.54) is 0 Å². The second kappa shape index (κ2) is 6.76. The quantitative estimate of drug-likeness (QED) is 0.865. The SMILES string of the molecule is CCC[C@H]1OC[C@H](Oc2cncc(C(F)(F)F)n2)[C@@H](O)[C@H]1O. The zero-order valence-corrected chi connectivity index (χ0v) is 11.8. The topological polar surface area (TPSA) is 84.7 Å². The molecule has 9 heteroatoms. The second-order valence-corrected chi connectivity index (χ2v) is 5.04. The van der Waals surface area contributed by atoms with Gasteiger partial charge in [-0.05, 0) is 6.42 Å². The van der Waals surface area contributed by atoms with Crippen molar-refractivity contribution >= 4 is 0 Å². The first kappa shape index (κ1) is 16.9. The molecule has 1 aromatic heterocycles. The van der Waals surface area contributed by atoms with Gasteiger partial charge in [-0.1, -0.05) is 13.3 Å². The van der Waals surface area contributed by atoms with Crippen LogP contribution in [0.2, 0.25) is 0 Å². The van der Waals surface area contributed by atoms with E-state index in [1.807, 2.05) is 6.92 Å². The van der Waals surface area contributed by atoms with Crippen LogP contribution in [0.4, 0.5) is 13.2 Å². The smallest absolute Gasteiger partial charge is 0.435 e. The predicted octanol–water partition coefficient (Wildman–Crippen LogP) is 1.16. The summed E-state index contributed by atoms with van der Waals surface area (Å²) in [6.45, 7) is 1.85. The molecule has 0 radical (unpaired) electrons. The average molecular weight is 322 g/mol. The molecule has 0 saturated carbocycles. The summed E-state index contributed by atoms with van der Waals surface area (Å²) in [4.78, 5) is 6.71. The second-order valence-electron chi connectivity index (χ2n) is 5.04. The Hall–Kier alpha value is -1.45. The molecule has 1 saturated heterocycles. The van der Waals surface area contributed by atoms with E-state index in [-0.39, 0.29) is 12.5 Å². The average Bonchev–Trinajstić information content (AvgIpc) is 2.46. The fraction of sp³-hybridized carbons (Fsp3) is 0.692. The summed E-state index contributed by atoms with van der Waals surface area (Å²) < 4.78 is 48.2. The van der Waals surface area contributed by atoms with Gasteiger partial charge in [-0.3, -0.25) is 4.98 Å². The molecule has 0 spiro atoms. The standard InChI is InChI=1S/C13H17F3N2O4/c1-2-3-7-11(19)12(20)8(6-21-7)22-10-5-17-4-9(18-10)13(14,15)16/h4-5,7-8,11-12,19-20H,2-3,6H2,1H3/t7-,8+,11+,12-/m1/s1. The van der Waals surface area contributed by atoms with Gasteiger partial charge in [-0.2, -0.15) is 13.2 Å². The molecule has 1 fully saturated rings. The first-order chi connectivity index (χ1) is 10.3. The summed E-state index contributed by atoms with van der Waals surface area (Å²) in [5.74, 6) is -0.386. The Morgan fingerprint density at radius 2 is 2.05 bits per heavy atom. The predicted molar refractivity (Wildman–Crippen MR) is 68.1 cm³/mol. The van der Waals surface area contributed by atoms with Crippen LogP contribution in [-0.4, -0.2) is 51.2 Å². The van der Waals surface area contributed by atoms with Crippen LogP contribution in [0.1, 0.15) is 25.5 Å². The third kappa shape index (κ3) is 3.84. The molecule has 1 aromatic rings. The van der Waals surface area contributed by atoms with Crippen LogP contribution >= 0.6 is 0 Å². The van der Waals surface area contributed by atoms with E-state index in [1.54, 1.807) is 0 Å². The molecule has 1 aliphatic heterocycles. The molecular formula is C13H17F3N2O4. The molecule has 2 N–H and O–H groups in total. The first-order valence-corrected chi connectivity index (χ1v) is 6.86. The highest BCUT2D eigenvalue weighted by Gasteiger charge is 2.40. The van der Waals surface area contributed by atoms with E-state index in [4.69, 9.17) is 9.47 Å². The van der Waals surface area contributed by atoms with E-state index in [0.717, 1.165) is 12.6 Å². The molecule has 0 bridgehead atoms. The highest BCUT2D eigenvalue weighted by Crippen LogP contribution is 2.28. The fourth-order valence-corrected chi connectivity index (χ4v) is 2.19. The van der Waals surface area contributed by atoms with Crippen LogP contribution in [0.5, 0.6) is 5.88 Å². The summed E-state index contributed by atoms with van der Waals surface area (Å²) in [6.07, 6.45) is -5.71. The zero-order chi connectivity index (χ0) is 16.3. The van der Waals surface area contributed by atoms with E-state index >= 15 is 0 Å². The minimum absolute atomic E-state index is 0.0547. The molecule has 2 heterocycles. The van der Waals surface area contributed by atoms with Crippen LogP contribution in [0.25, 0.3) is 0 Å². The molecule has 0 aromatic carbocycles. The van der Waals surface area contributed by atoms with Crippen molar-refractivity contribution in [2.75, 3.05) is 6.61 Å². The number of nitrogens with zero attached hydrogens (tertiary/aromatic N) is 2. The number of halogens is 3. The van der Waals surface area contributed by atoms with Crippen molar-refractivity contribution in [1.82, 2.24) is 9.97 Å². The van der Waals surface area contributed by atoms with Crippen molar-refractivity contribution in [2.45, 2.75) is 50.4 Å². The van der Waals surface area contributed by atoms with Gasteiger partial charge in [0.15, 0.2) is 11.8 Å². The van der Waals surface area contributed by atoms with Crippen LogP contribution in [0.15, 0.2) is 12.4 Å². The van der Waals surface area contributed by atoms with Gasteiger partial charge in [0, 0.05) is 0 Å². The molecule has 6 nitrogen and oxygen atoms in total. The normalized spacial score (nSPS) is 29.4. The molecule has 0 aliphatic carbocycles. The van der Waals surface area contributed by atoms with E-state index in [2.05, 4.69) is 9.97 Å². The number of aromatic nitrogens is 2. The summed E-state index contributed by atoms with van der Waals surface area (Å²) in [7, 11) is 0. The molecule has 0 unspecified atom stereocenters. The number of rotatable bonds is 4. The van der Waals surface area contributed by atoms with Gasteiger partial charge >= 0.3 is 6.18 Å². The lowest BCUT2D eigenvalue weighted by Gasteiger charge is -2.37. The Morgan fingerprint density at radius 1 is 1.32 bits per heavy atom. The van der Waals surface area contributed by atoms with Crippen LogP contribution < -0.4 is 4.74 Å². The highest BCUT2D eigenvalue weighted by atomic mass is 19.4. The Bertz CT molecular complexity index is 500. The lowest BCUT2D eigenvalue weighted by molar-refractivity contribution is -0.182. The minimum Gasteiger partial charge on any atom is -0.468 e. The van der Waals surface area contributed by atoms with Crippen molar-refractivity contribution in [2.24, 2.45) is 0 Å². The lowest BCUT2D eigenvalue weighted by Crippen LogP contribution is -2.55. The van der Waals surface area contributed by atoms with Gasteiger partial charge in [0.05, 0.1) is 25.1 Å². The Labute approximate surface area is 124 Å². The third-order valence-electron chi connectivity index (χ3n) is 3.33. The summed E-state index contributed by atoms with van der Waals surface area (Å²) in [5.41, 5.74) is -1.19. The van der Waals surface area contributed by atoms with Gasteiger partial charge in [-0.25, -0.2) is 4.98 Å². The van der Waals surface area contributed by atoms with E-state index in [9.17, 15) is 23.4 Å². The maximum absolute atomic E-state index is 12.5. The van der Waals surface area contributed by atoms with E-state index in [0.29, 0.717) is 12.6 Å². The van der Waals surface area contributed by atoms with Gasteiger partial charge < -0.3 is 19.7 Å². The van der Waals surface area contributed by atoms with Crippen LogP contribution in [0, 0.1) is 0 Å². The van der Waals surface area contributed by atoms with Crippen LogP contribution in [-0.2, 0) is 10.9 Å². The third-order valence-corrected chi connectivity index (χ3v) is 3.33. The fourth-order valence-electron chi connectivity index (χ4n) is 2.19. The molecule has 22 heavy (non-hydrogen) atoms. The molecular weight excluding hydrogens is 305 g/mol. The first-order valence-electron chi connectivity index (χ1n) is 6.86. The Kier molecular flexibility index (Phi) is 5.20. The zero-order valence-electron chi connectivity index (χ0n) is 11.8. The van der Waals surface area contributed by atoms with Gasteiger partial charge in [0.2, 0.25) is 5.88 Å². The Morgan fingerprint density at radius 3 is 2.68 bits per heavy atom. The summed E-state index contributed by atoms with van der Waals surface area (Å²) >= 11 is 0. The maximum Gasteiger partial charge on any atom is 0.435 e. The largest absolute Gasteiger partial charge is 0.468 e. The molecule has 0 amide bonds. The van der Waals surface area contributed by atoms with E-state index < -0.39 is 36.3 Å². The van der Waals surface area contributed by atoms with Gasteiger partial charge in [-0.15, -0.1) is 0 Å². The van der Waals surface area contributed by atoms with Crippen molar-refractivity contribution in [3.05, 3.63) is 18.1 Å². The number of ether oxygens (including phenoxy) is 2. The Balaban J connectivity index is 2.05. The van der Waals surface area contributed by atoms with Gasteiger partial charge in [0.25, 0.3) is 0 Å². The van der Waals surface area contributed by atoms with Crippen molar-refractivity contribution in [3.63, 3.8) is 0 Å². The minimum atomic E-state index is -4.64. The molecule has 124 valence electrons. The molecule has 2 rings (SSSR count). The number of aliphatic hydroxyl groups is 2. The lowest BCUT2D eigenvalue weighted by atomic mass is 9.97. The molecule has 4 atom stereocenters. The maximum atomic E-state index is 12.5. The van der Waals surface area contributed by atoms with Crippen LogP contribution in [0.3, 0.4) is 0 Å². The van der Waals surface area contributed by atoms with Crippen molar-refractivity contribution < 1.29 is 32.9 Å². The van der Waals surface area contributed by atoms with Crippen molar-refractivity contribution in [1.29, 1.82) is 0 Å². The number of hydrogen-bond donors (Lipinski definition) is 2. The number of alkyl halides is 3.